The Hall–Kier alpha value is -3.07. The van der Waals surface area contributed by atoms with E-state index in [9.17, 15) is 13.2 Å². The molecule has 0 aromatic heterocycles. The highest BCUT2D eigenvalue weighted by atomic mass is 35.5. The minimum Gasteiger partial charge on any atom is -0.482 e. The van der Waals surface area contributed by atoms with E-state index in [0.717, 1.165) is 17.5 Å². The summed E-state index contributed by atoms with van der Waals surface area (Å²) in [5.41, 5.74) is 1.60. The summed E-state index contributed by atoms with van der Waals surface area (Å²) in [5.74, 6) is 0.333. The molecule has 1 aliphatic rings. The lowest BCUT2D eigenvalue weighted by Gasteiger charge is -2.27. The van der Waals surface area contributed by atoms with Gasteiger partial charge in [-0.1, -0.05) is 41.9 Å². The van der Waals surface area contributed by atoms with Crippen LogP contribution in [0.5, 0.6) is 17.2 Å². The molecular formula is C24H22ClNO6S. The molecule has 0 saturated heterocycles. The molecule has 0 heterocycles. The topological polar surface area (TPSA) is 102 Å². The molecule has 0 saturated carbocycles. The highest BCUT2D eigenvalue weighted by molar-refractivity contribution is 7.89. The molecule has 4 rings (SSSR count). The number of halogens is 1. The molecule has 1 atom stereocenters. The predicted molar refractivity (Wildman–Crippen MR) is 124 cm³/mol. The van der Waals surface area contributed by atoms with Crippen molar-refractivity contribution in [3.63, 3.8) is 0 Å². The highest BCUT2D eigenvalue weighted by Crippen LogP contribution is 2.37. The Balaban J connectivity index is 1.54. The molecule has 9 heteroatoms. The summed E-state index contributed by atoms with van der Waals surface area (Å²) in [5, 5.41) is 9.07. The second-order valence-electron chi connectivity index (χ2n) is 7.58. The average Bonchev–Trinajstić information content (AvgIpc) is 2.79. The zero-order valence-electron chi connectivity index (χ0n) is 17.5. The third-order valence-electron chi connectivity index (χ3n) is 5.30. The second kappa shape index (κ2) is 9.82. The fourth-order valence-corrected chi connectivity index (χ4v) is 5.37. The van der Waals surface area contributed by atoms with Gasteiger partial charge in [0, 0.05) is 6.04 Å². The van der Waals surface area contributed by atoms with Gasteiger partial charge in [-0.2, -0.15) is 0 Å². The van der Waals surface area contributed by atoms with E-state index < -0.39 is 28.6 Å². The summed E-state index contributed by atoms with van der Waals surface area (Å²) in [6.07, 6.45) is 2.02. The van der Waals surface area contributed by atoms with Gasteiger partial charge in [-0.15, -0.1) is 0 Å². The third-order valence-corrected chi connectivity index (χ3v) is 7.06. The van der Waals surface area contributed by atoms with Crippen molar-refractivity contribution in [3.8, 4) is 17.2 Å². The molecule has 2 N–H and O–H groups in total. The Morgan fingerprint density at radius 1 is 1.06 bits per heavy atom. The summed E-state index contributed by atoms with van der Waals surface area (Å²) < 4.78 is 40.1. The van der Waals surface area contributed by atoms with Crippen LogP contribution in [0.15, 0.2) is 71.6 Å². The van der Waals surface area contributed by atoms with Gasteiger partial charge < -0.3 is 14.6 Å². The Morgan fingerprint density at radius 2 is 1.85 bits per heavy atom. The van der Waals surface area contributed by atoms with Gasteiger partial charge in [-0.25, -0.2) is 17.9 Å². The first-order chi connectivity index (χ1) is 15.8. The van der Waals surface area contributed by atoms with Crippen LogP contribution < -0.4 is 14.2 Å². The molecule has 3 aromatic carbocycles. The van der Waals surface area contributed by atoms with Crippen molar-refractivity contribution in [2.24, 2.45) is 0 Å². The molecule has 0 fully saturated rings. The fraction of sp³-hybridized carbons (Fsp3) is 0.208. The number of sulfonamides is 1. The normalized spacial score (nSPS) is 15.5. The van der Waals surface area contributed by atoms with Crippen LogP contribution in [0.4, 0.5) is 0 Å². The zero-order valence-corrected chi connectivity index (χ0v) is 19.1. The van der Waals surface area contributed by atoms with E-state index in [0.29, 0.717) is 30.1 Å². The van der Waals surface area contributed by atoms with Crippen molar-refractivity contribution in [2.45, 2.75) is 30.2 Å². The Labute approximate surface area is 197 Å². The summed E-state index contributed by atoms with van der Waals surface area (Å²) in [7, 11) is -3.88. The number of carboxylic acids is 1. The monoisotopic (exact) mass is 487 g/mol. The van der Waals surface area contributed by atoms with Gasteiger partial charge >= 0.3 is 5.97 Å². The second-order valence-corrected chi connectivity index (χ2v) is 9.70. The number of para-hydroxylation sites is 1. The molecule has 0 spiro atoms. The standard InChI is InChI=1S/C24H22ClNO6S/c25-20-14-17(12-13-23(20)32-16-6-2-1-3-7-16)33(29,30)26-21-10-4-9-19-18(21)8-5-11-22(19)31-15-24(27)28/h1-3,5-8,11-14,21,26H,4,9-10,15H2,(H,27,28). The number of nitrogens with one attached hydrogen (secondary N) is 1. The van der Waals surface area contributed by atoms with Gasteiger partial charge in [-0.3, -0.25) is 0 Å². The van der Waals surface area contributed by atoms with Crippen LogP contribution in [-0.2, 0) is 21.2 Å². The molecule has 172 valence electrons. The minimum atomic E-state index is -3.88. The van der Waals surface area contributed by atoms with Crippen molar-refractivity contribution in [1.29, 1.82) is 0 Å². The van der Waals surface area contributed by atoms with E-state index in [-0.39, 0.29) is 9.92 Å². The summed E-state index contributed by atoms with van der Waals surface area (Å²) in [6.45, 7) is -0.456. The molecule has 0 radical (unpaired) electrons. The van der Waals surface area contributed by atoms with Crippen molar-refractivity contribution in [1.82, 2.24) is 4.72 Å². The smallest absolute Gasteiger partial charge is 0.341 e. The lowest BCUT2D eigenvalue weighted by Crippen LogP contribution is -2.31. The van der Waals surface area contributed by atoms with Gasteiger partial charge in [0.15, 0.2) is 6.61 Å². The van der Waals surface area contributed by atoms with E-state index in [4.69, 9.17) is 26.2 Å². The number of rotatable bonds is 8. The number of carbonyl (C=O) groups is 1. The van der Waals surface area contributed by atoms with Crippen molar-refractivity contribution in [3.05, 3.63) is 82.9 Å². The summed E-state index contributed by atoms with van der Waals surface area (Å²) >= 11 is 6.31. The number of fused-ring (bicyclic) bond motifs is 1. The molecule has 33 heavy (non-hydrogen) atoms. The molecule has 0 aliphatic heterocycles. The molecular weight excluding hydrogens is 466 g/mol. The van der Waals surface area contributed by atoms with Crippen molar-refractivity contribution < 1.29 is 27.8 Å². The number of carboxylic acid groups (broad SMARTS) is 1. The van der Waals surface area contributed by atoms with E-state index >= 15 is 0 Å². The van der Waals surface area contributed by atoms with E-state index in [1.807, 2.05) is 24.3 Å². The molecule has 1 aliphatic carbocycles. The fourth-order valence-electron chi connectivity index (χ4n) is 3.81. The van der Waals surface area contributed by atoms with E-state index in [1.54, 1.807) is 24.3 Å². The minimum absolute atomic E-state index is 0.0262. The van der Waals surface area contributed by atoms with E-state index in [1.165, 1.54) is 18.2 Å². The highest BCUT2D eigenvalue weighted by Gasteiger charge is 2.28. The Morgan fingerprint density at radius 3 is 2.58 bits per heavy atom. The molecule has 3 aromatic rings. The van der Waals surface area contributed by atoms with Crippen LogP contribution in [0.25, 0.3) is 0 Å². The molecule has 1 unspecified atom stereocenters. The maximum atomic E-state index is 13.1. The number of benzene rings is 3. The maximum Gasteiger partial charge on any atom is 0.341 e. The molecule has 7 nitrogen and oxygen atoms in total. The quantitative estimate of drug-likeness (QED) is 0.466. The van der Waals surface area contributed by atoms with Gasteiger partial charge in [0.05, 0.1) is 9.92 Å². The largest absolute Gasteiger partial charge is 0.482 e. The Bertz CT molecular complexity index is 1260. The summed E-state index contributed by atoms with van der Waals surface area (Å²) in [4.78, 5) is 10.9. The van der Waals surface area contributed by atoms with Gasteiger partial charge in [-0.05, 0) is 66.8 Å². The predicted octanol–water partition coefficient (Wildman–Crippen LogP) is 4.95. The number of ether oxygens (including phenoxy) is 2. The average molecular weight is 488 g/mol. The molecule has 0 bridgehead atoms. The van der Waals surface area contributed by atoms with E-state index in [2.05, 4.69) is 4.72 Å². The van der Waals surface area contributed by atoms with Crippen LogP contribution in [-0.4, -0.2) is 26.1 Å². The first kappa shape index (κ1) is 23.1. The van der Waals surface area contributed by atoms with Gasteiger partial charge in [0.1, 0.15) is 17.2 Å². The first-order valence-electron chi connectivity index (χ1n) is 10.3. The number of hydrogen-bond donors (Lipinski definition) is 2. The lowest BCUT2D eigenvalue weighted by molar-refractivity contribution is -0.139. The van der Waals surface area contributed by atoms with Crippen molar-refractivity contribution in [2.75, 3.05) is 6.61 Å². The first-order valence-corrected chi connectivity index (χ1v) is 12.2. The zero-order chi connectivity index (χ0) is 23.4. The molecule has 0 amide bonds. The van der Waals surface area contributed by atoms with Crippen LogP contribution in [0, 0.1) is 0 Å². The van der Waals surface area contributed by atoms with Crippen molar-refractivity contribution >= 4 is 27.6 Å². The van der Waals surface area contributed by atoms with Crippen LogP contribution in [0.2, 0.25) is 5.02 Å². The number of aliphatic carboxylic acids is 1. The van der Waals surface area contributed by atoms with Crippen LogP contribution >= 0.6 is 11.6 Å². The summed E-state index contributed by atoms with van der Waals surface area (Å²) in [6, 6.07) is 18.2. The van der Waals surface area contributed by atoms with Crippen LogP contribution in [0.3, 0.4) is 0 Å². The van der Waals surface area contributed by atoms with Gasteiger partial charge in [0.2, 0.25) is 10.0 Å². The van der Waals surface area contributed by atoms with Gasteiger partial charge in [0.25, 0.3) is 0 Å². The number of hydrogen-bond acceptors (Lipinski definition) is 5. The maximum absolute atomic E-state index is 13.1. The third kappa shape index (κ3) is 5.47. The lowest BCUT2D eigenvalue weighted by atomic mass is 9.87. The van der Waals surface area contributed by atoms with Crippen LogP contribution in [0.1, 0.15) is 30.0 Å². The SMILES string of the molecule is O=C(O)COc1cccc2c1CCCC2NS(=O)(=O)c1ccc(Oc2ccccc2)c(Cl)c1. The Kier molecular flexibility index (Phi) is 6.88.